The van der Waals surface area contributed by atoms with E-state index in [4.69, 9.17) is 4.74 Å². The molecule has 1 nitrogen and oxygen atoms in total. The van der Waals surface area contributed by atoms with Crippen LogP contribution in [0.2, 0.25) is 0 Å². The fourth-order valence-corrected chi connectivity index (χ4v) is 4.83. The molecule has 0 N–H and O–H groups in total. The van der Waals surface area contributed by atoms with Gasteiger partial charge in [-0.05, 0) is 53.9 Å². The molecule has 0 unspecified atom stereocenters. The lowest BCUT2D eigenvalue weighted by Gasteiger charge is -2.33. The Bertz CT molecular complexity index is 968. The molecule has 0 radical (unpaired) electrons. The van der Waals surface area contributed by atoms with E-state index in [9.17, 15) is 0 Å². The van der Waals surface area contributed by atoms with Crippen LogP contribution in [0, 0.1) is 0 Å². The molecule has 0 spiro atoms. The molecule has 0 saturated heterocycles. The minimum absolute atomic E-state index is 0.0536. The first kappa shape index (κ1) is 24.1. The molecule has 3 aromatic carbocycles. The predicted molar refractivity (Wildman–Crippen MR) is 138 cm³/mol. The van der Waals surface area contributed by atoms with Crippen molar-refractivity contribution < 1.29 is 4.74 Å². The summed E-state index contributed by atoms with van der Waals surface area (Å²) in [5, 5.41) is 0. The van der Waals surface area contributed by atoms with Crippen molar-refractivity contribution in [3.63, 3.8) is 0 Å². The van der Waals surface area contributed by atoms with E-state index >= 15 is 0 Å². The van der Waals surface area contributed by atoms with Crippen LogP contribution in [0.5, 0.6) is 5.75 Å². The number of ether oxygens (including phenoxy) is 1. The highest BCUT2D eigenvalue weighted by atomic mass is 16.5. The SMILES string of the molecule is CCc1c(C(C)(C)C)cc(C(c2ccccc2)c2ccccc2)c(OC(C)C)c1C(C)C. The lowest BCUT2D eigenvalue weighted by atomic mass is 9.74. The Morgan fingerprint density at radius 2 is 1.28 bits per heavy atom. The Labute approximate surface area is 195 Å². The zero-order valence-corrected chi connectivity index (χ0v) is 21.2. The summed E-state index contributed by atoms with van der Waals surface area (Å²) in [6.45, 7) is 18.2. The zero-order valence-electron chi connectivity index (χ0n) is 21.2. The van der Waals surface area contributed by atoms with Gasteiger partial charge in [0.05, 0.1) is 6.10 Å². The molecule has 0 aliphatic heterocycles. The average Bonchev–Trinajstić information content (AvgIpc) is 2.74. The van der Waals surface area contributed by atoms with Gasteiger partial charge in [-0.3, -0.25) is 0 Å². The van der Waals surface area contributed by atoms with E-state index in [1.54, 1.807) is 0 Å². The molecule has 0 amide bonds. The third-order valence-corrected chi connectivity index (χ3v) is 6.13. The van der Waals surface area contributed by atoms with E-state index in [0.29, 0.717) is 5.92 Å². The van der Waals surface area contributed by atoms with Gasteiger partial charge in [-0.2, -0.15) is 0 Å². The summed E-state index contributed by atoms with van der Waals surface area (Å²) in [5.41, 5.74) is 8.19. The molecule has 0 aliphatic carbocycles. The van der Waals surface area contributed by atoms with Crippen molar-refractivity contribution in [3.8, 4) is 5.75 Å². The van der Waals surface area contributed by atoms with Crippen molar-refractivity contribution in [2.24, 2.45) is 0 Å². The van der Waals surface area contributed by atoms with E-state index in [1.165, 1.54) is 33.4 Å². The van der Waals surface area contributed by atoms with E-state index < -0.39 is 0 Å². The van der Waals surface area contributed by atoms with Gasteiger partial charge in [0, 0.05) is 17.0 Å². The molecule has 3 aromatic rings. The lowest BCUT2D eigenvalue weighted by Crippen LogP contribution is -2.21. The lowest BCUT2D eigenvalue weighted by molar-refractivity contribution is 0.236. The van der Waals surface area contributed by atoms with E-state index in [-0.39, 0.29) is 17.4 Å². The highest BCUT2D eigenvalue weighted by molar-refractivity contribution is 5.59. The Morgan fingerprint density at radius 1 is 0.781 bits per heavy atom. The summed E-state index contributed by atoms with van der Waals surface area (Å²) in [6.07, 6.45) is 1.12. The summed E-state index contributed by atoms with van der Waals surface area (Å²) in [6, 6.07) is 24.2. The van der Waals surface area contributed by atoms with Crippen molar-refractivity contribution in [2.45, 2.75) is 85.2 Å². The minimum Gasteiger partial charge on any atom is -0.490 e. The number of hydrogen-bond acceptors (Lipinski definition) is 1. The highest BCUT2D eigenvalue weighted by Crippen LogP contribution is 2.46. The topological polar surface area (TPSA) is 9.23 Å². The van der Waals surface area contributed by atoms with Crippen molar-refractivity contribution in [1.82, 2.24) is 0 Å². The van der Waals surface area contributed by atoms with Crippen LogP contribution in [-0.2, 0) is 11.8 Å². The van der Waals surface area contributed by atoms with Crippen molar-refractivity contribution in [1.29, 1.82) is 0 Å². The molecular weight excluding hydrogens is 388 g/mol. The summed E-state index contributed by atoms with van der Waals surface area (Å²) >= 11 is 0. The van der Waals surface area contributed by atoms with E-state index in [1.807, 2.05) is 0 Å². The third kappa shape index (κ3) is 5.09. The van der Waals surface area contributed by atoms with Gasteiger partial charge in [-0.1, -0.05) is 108 Å². The van der Waals surface area contributed by atoms with Crippen LogP contribution in [0.1, 0.15) is 101 Å². The molecule has 0 heterocycles. The molecule has 0 aromatic heterocycles. The normalized spacial score (nSPS) is 12.1. The summed E-state index contributed by atoms with van der Waals surface area (Å²) < 4.78 is 6.67. The van der Waals surface area contributed by atoms with Gasteiger partial charge in [-0.25, -0.2) is 0 Å². The molecular formula is C31H40O. The fraction of sp³-hybridized carbons (Fsp3) is 0.419. The maximum atomic E-state index is 6.67. The second kappa shape index (κ2) is 9.94. The average molecular weight is 429 g/mol. The van der Waals surface area contributed by atoms with E-state index in [2.05, 4.69) is 122 Å². The maximum Gasteiger partial charge on any atom is 0.127 e. The Kier molecular flexibility index (Phi) is 7.49. The van der Waals surface area contributed by atoms with Crippen molar-refractivity contribution >= 4 is 0 Å². The molecule has 170 valence electrons. The first-order valence-electron chi connectivity index (χ1n) is 12.1. The molecule has 0 saturated carbocycles. The molecule has 3 rings (SSSR count). The predicted octanol–water partition coefficient (Wildman–Crippen LogP) is 8.64. The standard InChI is InChI=1S/C31H40O/c1-9-25-27(31(6,7)8)20-26(30(32-22(4)5)28(25)21(2)3)29(23-16-12-10-13-17-23)24-18-14-11-15-19-24/h10-22,29H,9H2,1-8H3. The smallest absolute Gasteiger partial charge is 0.127 e. The third-order valence-electron chi connectivity index (χ3n) is 6.13. The van der Waals surface area contributed by atoms with Gasteiger partial charge in [0.15, 0.2) is 0 Å². The van der Waals surface area contributed by atoms with Gasteiger partial charge in [0.25, 0.3) is 0 Å². The number of rotatable bonds is 7. The van der Waals surface area contributed by atoms with Crippen LogP contribution in [0.3, 0.4) is 0 Å². The minimum atomic E-state index is 0.0536. The Morgan fingerprint density at radius 3 is 1.66 bits per heavy atom. The van der Waals surface area contributed by atoms with Crippen molar-refractivity contribution in [3.05, 3.63) is 100 Å². The quantitative estimate of drug-likeness (QED) is 0.342. The van der Waals surface area contributed by atoms with E-state index in [0.717, 1.165) is 12.2 Å². The summed E-state index contributed by atoms with van der Waals surface area (Å²) in [4.78, 5) is 0. The van der Waals surface area contributed by atoms with Gasteiger partial charge < -0.3 is 4.74 Å². The monoisotopic (exact) mass is 428 g/mol. The summed E-state index contributed by atoms with van der Waals surface area (Å²) in [5.74, 6) is 1.58. The number of benzene rings is 3. The van der Waals surface area contributed by atoms with Crippen LogP contribution in [-0.4, -0.2) is 6.10 Å². The van der Waals surface area contributed by atoms with Gasteiger partial charge >= 0.3 is 0 Å². The van der Waals surface area contributed by atoms with Crippen LogP contribution >= 0.6 is 0 Å². The highest BCUT2D eigenvalue weighted by Gasteiger charge is 2.30. The van der Waals surface area contributed by atoms with Crippen LogP contribution in [0.15, 0.2) is 66.7 Å². The zero-order chi connectivity index (χ0) is 23.5. The first-order valence-corrected chi connectivity index (χ1v) is 12.1. The van der Waals surface area contributed by atoms with Crippen LogP contribution < -0.4 is 4.74 Å². The van der Waals surface area contributed by atoms with Crippen molar-refractivity contribution in [2.75, 3.05) is 0 Å². The van der Waals surface area contributed by atoms with Gasteiger partial charge in [0.2, 0.25) is 0 Å². The number of hydrogen-bond donors (Lipinski definition) is 0. The van der Waals surface area contributed by atoms with Gasteiger partial charge in [-0.15, -0.1) is 0 Å². The molecule has 0 atom stereocenters. The second-order valence-electron chi connectivity index (χ2n) is 10.4. The Balaban J connectivity index is 2.46. The molecule has 32 heavy (non-hydrogen) atoms. The first-order chi connectivity index (χ1) is 15.1. The molecule has 0 aliphatic rings. The van der Waals surface area contributed by atoms with Crippen LogP contribution in [0.25, 0.3) is 0 Å². The Hall–Kier alpha value is -2.54. The van der Waals surface area contributed by atoms with Crippen LogP contribution in [0.4, 0.5) is 0 Å². The molecule has 1 heteroatoms. The molecule has 0 fully saturated rings. The molecule has 0 bridgehead atoms. The largest absolute Gasteiger partial charge is 0.490 e. The second-order valence-corrected chi connectivity index (χ2v) is 10.4. The maximum absolute atomic E-state index is 6.67. The summed E-state index contributed by atoms with van der Waals surface area (Å²) in [7, 11) is 0. The van der Waals surface area contributed by atoms with Gasteiger partial charge in [0.1, 0.15) is 5.75 Å². The fourth-order valence-electron chi connectivity index (χ4n) is 4.83.